The number of piperazine rings is 1. The fraction of sp³-hybridized carbons (Fsp3) is 0.156. The Bertz CT molecular complexity index is 1820. The highest BCUT2D eigenvalue weighted by molar-refractivity contribution is 6.28. The molecule has 204 valence electrons. The van der Waals surface area contributed by atoms with Crippen LogP contribution in [-0.4, -0.2) is 55.3 Å². The van der Waals surface area contributed by atoms with Gasteiger partial charge in [0.25, 0.3) is 0 Å². The molecule has 9 heteroatoms. The first-order valence-corrected chi connectivity index (χ1v) is 13.4. The first kappa shape index (κ1) is 24.7. The molecule has 7 rings (SSSR count). The number of nitrogens with zero attached hydrogens (tertiary/aromatic N) is 3. The van der Waals surface area contributed by atoms with E-state index in [9.17, 15) is 14.7 Å². The molecule has 0 radical (unpaired) electrons. The van der Waals surface area contributed by atoms with Crippen molar-refractivity contribution in [1.82, 2.24) is 5.16 Å². The quantitative estimate of drug-likeness (QED) is 0.267. The number of nitrogens with one attached hydrogen (secondary N) is 1. The van der Waals surface area contributed by atoms with Crippen molar-refractivity contribution in [3.05, 3.63) is 95.6 Å². The normalized spacial score (nSPS) is 14.2. The maximum absolute atomic E-state index is 13.9. The Morgan fingerprint density at radius 2 is 1.66 bits per heavy atom. The molecule has 0 atom stereocenters. The van der Waals surface area contributed by atoms with Gasteiger partial charge in [-0.25, -0.2) is 4.79 Å². The number of aromatic carboxylic acids is 1. The molecule has 1 aliphatic carbocycles. The Hall–Kier alpha value is -5.31. The second-order valence-electron chi connectivity index (χ2n) is 10.1. The highest BCUT2D eigenvalue weighted by Crippen LogP contribution is 2.46. The molecule has 9 nitrogen and oxygen atoms in total. The van der Waals surface area contributed by atoms with Crippen molar-refractivity contribution >= 4 is 45.4 Å². The van der Waals surface area contributed by atoms with Gasteiger partial charge in [-0.3, -0.25) is 4.79 Å². The number of carboxylic acid groups (broad SMARTS) is 1. The number of benzene rings is 4. The molecule has 2 heterocycles. The van der Waals surface area contributed by atoms with E-state index >= 15 is 0 Å². The number of carbonyl (C=O) groups is 2. The van der Waals surface area contributed by atoms with E-state index < -0.39 is 5.97 Å². The number of ether oxygens (including phenoxy) is 1. The molecule has 0 saturated carbocycles. The van der Waals surface area contributed by atoms with Crippen LogP contribution in [0.5, 0.6) is 5.75 Å². The minimum atomic E-state index is -1.02. The summed E-state index contributed by atoms with van der Waals surface area (Å²) < 4.78 is 11.2. The summed E-state index contributed by atoms with van der Waals surface area (Å²) in [5.74, 6) is 0.232. The minimum Gasteiger partial charge on any atom is -0.497 e. The highest BCUT2D eigenvalue weighted by atomic mass is 16.5. The van der Waals surface area contributed by atoms with Crippen molar-refractivity contribution in [1.29, 1.82) is 0 Å². The Balaban J connectivity index is 1.30. The number of methoxy groups -OCH3 is 1. The summed E-state index contributed by atoms with van der Waals surface area (Å²) >= 11 is 0. The van der Waals surface area contributed by atoms with Crippen molar-refractivity contribution in [3.63, 3.8) is 0 Å². The Kier molecular flexibility index (Phi) is 5.85. The largest absolute Gasteiger partial charge is 0.497 e. The molecule has 41 heavy (non-hydrogen) atoms. The third-order valence-electron chi connectivity index (χ3n) is 7.82. The van der Waals surface area contributed by atoms with Crippen LogP contribution in [-0.2, 0) is 0 Å². The van der Waals surface area contributed by atoms with E-state index in [0.717, 1.165) is 43.3 Å². The molecule has 5 aromatic rings. The van der Waals surface area contributed by atoms with Crippen molar-refractivity contribution in [2.75, 3.05) is 48.4 Å². The van der Waals surface area contributed by atoms with Crippen molar-refractivity contribution in [2.24, 2.45) is 0 Å². The van der Waals surface area contributed by atoms with Gasteiger partial charge in [-0.15, -0.1) is 0 Å². The number of rotatable bonds is 6. The third-order valence-corrected chi connectivity index (χ3v) is 7.82. The monoisotopic (exact) mass is 546 g/mol. The molecule has 1 aliphatic heterocycles. The van der Waals surface area contributed by atoms with Crippen LogP contribution < -0.4 is 19.9 Å². The Morgan fingerprint density at radius 3 is 2.39 bits per heavy atom. The van der Waals surface area contributed by atoms with E-state index in [1.54, 1.807) is 31.4 Å². The first-order valence-electron chi connectivity index (χ1n) is 13.4. The SMILES string of the molecule is COc1ccc(N2CCN(c3cc(Nc4cccc(C(=O)O)c4)c4c5c(onc35)-c3ccccc3C4=O)CC2)cc1. The summed E-state index contributed by atoms with van der Waals surface area (Å²) in [6.45, 7) is 3.07. The fourth-order valence-corrected chi connectivity index (χ4v) is 5.77. The summed E-state index contributed by atoms with van der Waals surface area (Å²) in [6, 6.07) is 23.9. The van der Waals surface area contributed by atoms with Crippen LogP contribution >= 0.6 is 0 Å². The molecular weight excluding hydrogens is 520 g/mol. The molecule has 4 aromatic carbocycles. The maximum atomic E-state index is 13.9. The smallest absolute Gasteiger partial charge is 0.335 e. The first-order chi connectivity index (χ1) is 20.0. The molecule has 1 aromatic heterocycles. The number of hydrogen-bond donors (Lipinski definition) is 2. The van der Waals surface area contributed by atoms with Gasteiger partial charge in [-0.05, 0) is 48.5 Å². The fourth-order valence-electron chi connectivity index (χ4n) is 5.77. The topological polar surface area (TPSA) is 108 Å². The van der Waals surface area contributed by atoms with Gasteiger partial charge >= 0.3 is 5.97 Å². The second kappa shape index (κ2) is 9.71. The molecule has 0 amide bonds. The van der Waals surface area contributed by atoms with Crippen molar-refractivity contribution in [3.8, 4) is 17.1 Å². The van der Waals surface area contributed by atoms with Gasteiger partial charge in [0.15, 0.2) is 11.5 Å². The predicted molar refractivity (Wildman–Crippen MR) is 157 cm³/mol. The highest BCUT2D eigenvalue weighted by Gasteiger charge is 2.34. The lowest BCUT2D eigenvalue weighted by Gasteiger charge is -2.37. The van der Waals surface area contributed by atoms with E-state index in [-0.39, 0.29) is 11.3 Å². The Morgan fingerprint density at radius 1 is 0.927 bits per heavy atom. The second-order valence-corrected chi connectivity index (χ2v) is 10.1. The van der Waals surface area contributed by atoms with Crippen LogP contribution in [0.4, 0.5) is 22.7 Å². The molecule has 0 unspecified atom stereocenters. The predicted octanol–water partition coefficient (Wildman–Crippen LogP) is 5.82. The number of aromatic nitrogens is 1. The number of carboxylic acids is 1. The lowest BCUT2D eigenvalue weighted by atomic mass is 9.86. The van der Waals surface area contributed by atoms with Crippen LogP contribution in [0.15, 0.2) is 83.4 Å². The van der Waals surface area contributed by atoms with Crippen LogP contribution in [0.25, 0.3) is 22.2 Å². The van der Waals surface area contributed by atoms with Crippen LogP contribution in [0.1, 0.15) is 26.3 Å². The summed E-state index contributed by atoms with van der Waals surface area (Å²) in [7, 11) is 1.66. The van der Waals surface area contributed by atoms with Crippen molar-refractivity contribution in [2.45, 2.75) is 0 Å². The van der Waals surface area contributed by atoms with Gasteiger partial charge in [0.05, 0.1) is 35.0 Å². The van der Waals surface area contributed by atoms with Crippen LogP contribution in [0, 0.1) is 0 Å². The lowest BCUT2D eigenvalue weighted by Crippen LogP contribution is -2.46. The molecular formula is C32H26N4O5. The summed E-state index contributed by atoms with van der Waals surface area (Å²) in [6.07, 6.45) is 0. The number of carbonyl (C=O) groups excluding carboxylic acids is 1. The zero-order chi connectivity index (χ0) is 28.1. The van der Waals surface area contributed by atoms with E-state index in [2.05, 4.69) is 32.4 Å². The lowest BCUT2D eigenvalue weighted by molar-refractivity contribution is 0.0696. The molecule has 2 N–H and O–H groups in total. The van der Waals surface area contributed by atoms with Crippen LogP contribution in [0.2, 0.25) is 0 Å². The summed E-state index contributed by atoms with van der Waals surface area (Å²) in [4.78, 5) is 30.1. The summed E-state index contributed by atoms with van der Waals surface area (Å²) in [5.41, 5.74) is 5.66. The van der Waals surface area contributed by atoms with Gasteiger partial charge in [0, 0.05) is 48.7 Å². The standard InChI is InChI=1S/C32H26N4O5/c1-40-22-11-9-21(10-12-22)35-13-15-36(16-14-35)26-18-25(33-20-6-4-5-19(17-20)32(38)39)27-28-29(26)34-41-31(28)24-8-3-2-7-23(24)30(27)37/h2-12,17-18,33H,13-16H2,1H3,(H,38,39). The average Bonchev–Trinajstić information content (AvgIpc) is 3.46. The molecule has 1 saturated heterocycles. The Labute approximate surface area is 235 Å². The zero-order valence-corrected chi connectivity index (χ0v) is 22.3. The van der Waals surface area contributed by atoms with E-state index in [1.807, 2.05) is 36.4 Å². The average molecular weight is 547 g/mol. The van der Waals surface area contributed by atoms with E-state index in [0.29, 0.717) is 44.7 Å². The van der Waals surface area contributed by atoms with Crippen LogP contribution in [0.3, 0.4) is 0 Å². The number of hydrogen-bond acceptors (Lipinski definition) is 8. The van der Waals surface area contributed by atoms with Gasteiger partial charge < -0.3 is 29.5 Å². The summed E-state index contributed by atoms with van der Waals surface area (Å²) in [5, 5.41) is 18.0. The van der Waals surface area contributed by atoms with Gasteiger partial charge in [-0.2, -0.15) is 0 Å². The maximum Gasteiger partial charge on any atom is 0.335 e. The van der Waals surface area contributed by atoms with E-state index in [4.69, 9.17) is 9.26 Å². The van der Waals surface area contributed by atoms with Crippen molar-refractivity contribution < 1.29 is 24.0 Å². The molecule has 2 aliphatic rings. The molecule has 1 fully saturated rings. The third kappa shape index (κ3) is 4.13. The zero-order valence-electron chi connectivity index (χ0n) is 22.3. The molecule has 0 bridgehead atoms. The minimum absolute atomic E-state index is 0.130. The van der Waals surface area contributed by atoms with E-state index in [1.165, 1.54) is 6.07 Å². The molecule has 0 spiro atoms. The number of fused-ring (bicyclic) bond motifs is 2. The van der Waals surface area contributed by atoms with Gasteiger partial charge in [-0.1, -0.05) is 35.5 Å². The number of anilines is 4. The van der Waals surface area contributed by atoms with Gasteiger partial charge in [0.2, 0.25) is 0 Å². The number of ketones is 1. The van der Waals surface area contributed by atoms with Gasteiger partial charge in [0.1, 0.15) is 11.3 Å².